The zero-order valence-electron chi connectivity index (χ0n) is 10.1. The van der Waals surface area contributed by atoms with Crippen molar-refractivity contribution in [1.29, 1.82) is 0 Å². The number of aromatic nitrogens is 2. The molecular formula is C11H16ClFN4O. The number of carbonyl (C=O) groups is 1. The van der Waals surface area contributed by atoms with E-state index in [0.29, 0.717) is 30.7 Å². The molecule has 1 aromatic heterocycles. The van der Waals surface area contributed by atoms with E-state index in [-0.39, 0.29) is 31.4 Å². The van der Waals surface area contributed by atoms with Gasteiger partial charge in [0.25, 0.3) is 5.91 Å². The molecule has 2 heterocycles. The Kier molecular flexibility index (Phi) is 4.86. The lowest BCUT2D eigenvalue weighted by molar-refractivity contribution is 0.0776. The van der Waals surface area contributed by atoms with Gasteiger partial charge < -0.3 is 10.6 Å². The molecule has 0 bridgehead atoms. The summed E-state index contributed by atoms with van der Waals surface area (Å²) in [5, 5.41) is 4.10. The quantitative estimate of drug-likeness (QED) is 0.894. The van der Waals surface area contributed by atoms with E-state index in [1.807, 2.05) is 6.92 Å². The van der Waals surface area contributed by atoms with Gasteiger partial charge in [-0.2, -0.15) is 5.10 Å². The monoisotopic (exact) mass is 274 g/mol. The average Bonchev–Trinajstić information content (AvgIpc) is 2.87. The minimum Gasteiger partial charge on any atom is -0.333 e. The minimum absolute atomic E-state index is 0. The van der Waals surface area contributed by atoms with Gasteiger partial charge in [0.05, 0.1) is 19.1 Å². The van der Waals surface area contributed by atoms with Gasteiger partial charge in [0, 0.05) is 25.2 Å². The van der Waals surface area contributed by atoms with Crippen LogP contribution in [0.4, 0.5) is 4.39 Å². The average molecular weight is 275 g/mol. The van der Waals surface area contributed by atoms with Crippen molar-refractivity contribution in [1.82, 2.24) is 14.7 Å². The maximum atomic E-state index is 12.5. The third kappa shape index (κ3) is 2.39. The summed E-state index contributed by atoms with van der Waals surface area (Å²) in [6, 6.07) is 0. The lowest BCUT2D eigenvalue weighted by Crippen LogP contribution is -2.26. The molecule has 1 aliphatic heterocycles. The largest absolute Gasteiger partial charge is 0.333 e. The molecule has 0 atom stereocenters. The number of nitrogens with zero attached hydrogens (tertiary/aromatic N) is 3. The maximum absolute atomic E-state index is 12.5. The first kappa shape index (κ1) is 14.7. The highest BCUT2D eigenvalue weighted by Crippen LogP contribution is 2.22. The topological polar surface area (TPSA) is 64.2 Å². The van der Waals surface area contributed by atoms with E-state index in [4.69, 9.17) is 5.73 Å². The first-order valence-electron chi connectivity index (χ1n) is 5.53. The Morgan fingerprint density at radius 1 is 1.67 bits per heavy atom. The second-order valence-corrected chi connectivity index (χ2v) is 3.97. The molecule has 1 amide bonds. The van der Waals surface area contributed by atoms with E-state index in [1.165, 1.54) is 4.68 Å². The smallest absolute Gasteiger partial charge is 0.272 e. The van der Waals surface area contributed by atoms with Gasteiger partial charge in [0.15, 0.2) is 0 Å². The molecule has 2 rings (SSSR count). The molecule has 0 saturated carbocycles. The fraction of sp³-hybridized carbons (Fsp3) is 0.455. The number of halogens is 2. The maximum Gasteiger partial charge on any atom is 0.272 e. The number of amides is 1. The van der Waals surface area contributed by atoms with Crippen molar-refractivity contribution < 1.29 is 9.18 Å². The zero-order valence-corrected chi connectivity index (χ0v) is 10.9. The summed E-state index contributed by atoms with van der Waals surface area (Å²) in [7, 11) is 0. The molecule has 0 fully saturated rings. The zero-order chi connectivity index (χ0) is 12.4. The number of hydrogen-bond donors (Lipinski definition) is 1. The minimum atomic E-state index is -0.0461. The number of rotatable bonds is 4. The van der Waals surface area contributed by atoms with Crippen LogP contribution in [0.3, 0.4) is 0 Å². The Bertz CT molecular complexity index is 472. The fourth-order valence-electron chi connectivity index (χ4n) is 1.93. The molecule has 0 radical (unpaired) electrons. The van der Waals surface area contributed by atoms with Gasteiger partial charge in [-0.25, -0.2) is 4.39 Å². The van der Waals surface area contributed by atoms with Gasteiger partial charge in [-0.15, -0.1) is 12.4 Å². The molecule has 2 N–H and O–H groups in total. The molecule has 0 aromatic carbocycles. The van der Waals surface area contributed by atoms with Crippen LogP contribution in [0.15, 0.2) is 18.1 Å². The van der Waals surface area contributed by atoms with Gasteiger partial charge in [0.2, 0.25) is 0 Å². The summed E-state index contributed by atoms with van der Waals surface area (Å²) < 4.78 is 14.0. The Balaban J connectivity index is 0.00000162. The fourth-order valence-corrected chi connectivity index (χ4v) is 1.93. The summed E-state index contributed by atoms with van der Waals surface area (Å²) in [6.45, 7) is 3.52. The predicted molar refractivity (Wildman–Crippen MR) is 68.1 cm³/mol. The van der Waals surface area contributed by atoms with Crippen LogP contribution in [0.2, 0.25) is 0 Å². The van der Waals surface area contributed by atoms with Crippen molar-refractivity contribution in [2.75, 3.05) is 13.1 Å². The summed E-state index contributed by atoms with van der Waals surface area (Å²) >= 11 is 0. The van der Waals surface area contributed by atoms with Crippen LogP contribution < -0.4 is 5.73 Å². The predicted octanol–water partition coefficient (Wildman–Crippen LogP) is 1.09. The van der Waals surface area contributed by atoms with Crippen LogP contribution in [-0.2, 0) is 13.1 Å². The van der Waals surface area contributed by atoms with E-state index in [9.17, 15) is 9.18 Å². The van der Waals surface area contributed by atoms with Crippen molar-refractivity contribution in [3.8, 4) is 0 Å². The summed E-state index contributed by atoms with van der Waals surface area (Å²) in [4.78, 5) is 13.7. The van der Waals surface area contributed by atoms with Crippen LogP contribution in [-0.4, -0.2) is 33.7 Å². The number of carbonyl (C=O) groups excluding carboxylic acids is 1. The molecule has 1 aliphatic rings. The van der Waals surface area contributed by atoms with Crippen LogP contribution in [0.25, 0.3) is 0 Å². The lowest BCUT2D eigenvalue weighted by atomic mass is 10.2. The van der Waals surface area contributed by atoms with Gasteiger partial charge in [-0.05, 0) is 12.5 Å². The van der Waals surface area contributed by atoms with Gasteiger partial charge in [-0.1, -0.05) is 0 Å². The first-order valence-corrected chi connectivity index (χ1v) is 5.53. The number of hydrogen-bond acceptors (Lipinski definition) is 3. The third-order valence-electron chi connectivity index (χ3n) is 2.92. The number of fused-ring (bicyclic) bond motifs is 1. The van der Waals surface area contributed by atoms with Crippen LogP contribution >= 0.6 is 12.4 Å². The molecule has 0 unspecified atom stereocenters. The van der Waals surface area contributed by atoms with Gasteiger partial charge >= 0.3 is 0 Å². The highest BCUT2D eigenvalue weighted by Gasteiger charge is 2.30. The van der Waals surface area contributed by atoms with Gasteiger partial charge in [-0.3, -0.25) is 9.48 Å². The Morgan fingerprint density at radius 2 is 2.39 bits per heavy atom. The Morgan fingerprint density at radius 3 is 2.94 bits per heavy atom. The summed E-state index contributed by atoms with van der Waals surface area (Å²) in [5.41, 5.74) is 7.25. The van der Waals surface area contributed by atoms with E-state index in [0.717, 1.165) is 5.56 Å². The van der Waals surface area contributed by atoms with Crippen molar-refractivity contribution in [3.05, 3.63) is 29.4 Å². The first-order chi connectivity index (χ1) is 8.21. The van der Waals surface area contributed by atoms with Crippen molar-refractivity contribution in [2.24, 2.45) is 5.73 Å². The molecular weight excluding hydrogens is 259 g/mol. The molecule has 0 saturated heterocycles. The van der Waals surface area contributed by atoms with Crippen molar-refractivity contribution in [3.63, 3.8) is 0 Å². The Labute approximate surface area is 111 Å². The lowest BCUT2D eigenvalue weighted by Gasteiger charge is -2.13. The van der Waals surface area contributed by atoms with E-state index in [2.05, 4.69) is 5.10 Å². The molecule has 0 spiro atoms. The van der Waals surface area contributed by atoms with E-state index >= 15 is 0 Å². The second-order valence-electron chi connectivity index (χ2n) is 3.97. The van der Waals surface area contributed by atoms with Crippen LogP contribution in [0.5, 0.6) is 0 Å². The van der Waals surface area contributed by atoms with E-state index < -0.39 is 0 Å². The SMILES string of the molecule is CCN1Cc2cnn(C/C(=C/F)CN)c2C1=O.Cl. The molecule has 1 aromatic rings. The second kappa shape index (κ2) is 5.97. The van der Waals surface area contributed by atoms with Gasteiger partial charge in [0.1, 0.15) is 5.69 Å². The Hall–Kier alpha value is -1.40. The third-order valence-corrected chi connectivity index (χ3v) is 2.92. The summed E-state index contributed by atoms with van der Waals surface area (Å²) in [6.07, 6.45) is 2.14. The van der Waals surface area contributed by atoms with Crippen LogP contribution in [0, 0.1) is 0 Å². The molecule has 100 valence electrons. The highest BCUT2D eigenvalue weighted by molar-refractivity contribution is 5.96. The van der Waals surface area contributed by atoms with Crippen molar-refractivity contribution in [2.45, 2.75) is 20.0 Å². The standard InChI is InChI=1S/C11H15FN4O.ClH/c1-2-15-7-9-5-14-16(10(9)11(15)17)6-8(3-12)4-13;/h3,5H,2,4,6-7,13H2,1H3;1H/b8-3+;. The number of nitrogens with two attached hydrogens (primary N) is 1. The van der Waals surface area contributed by atoms with Crippen molar-refractivity contribution >= 4 is 18.3 Å². The molecule has 0 aliphatic carbocycles. The van der Waals surface area contributed by atoms with E-state index in [1.54, 1.807) is 11.1 Å². The molecule has 5 nitrogen and oxygen atoms in total. The normalized spacial score (nSPS) is 14.7. The molecule has 7 heteroatoms. The summed E-state index contributed by atoms with van der Waals surface area (Å²) in [5.74, 6) is -0.0461. The molecule has 18 heavy (non-hydrogen) atoms. The van der Waals surface area contributed by atoms with Crippen LogP contribution in [0.1, 0.15) is 23.0 Å². The highest BCUT2D eigenvalue weighted by atomic mass is 35.5.